The molecule has 4 heteroatoms. The van der Waals surface area contributed by atoms with Gasteiger partial charge in [0.1, 0.15) is 0 Å². The maximum Gasteiger partial charge on any atom is 0.303 e. The van der Waals surface area contributed by atoms with Gasteiger partial charge in [0.05, 0.1) is 26.2 Å². The molecular weight excluding hydrogens is 354 g/mol. The van der Waals surface area contributed by atoms with Gasteiger partial charge in [0.2, 0.25) is 0 Å². The fourth-order valence-corrected chi connectivity index (χ4v) is 2.64. The highest BCUT2D eigenvalue weighted by Crippen LogP contribution is 2.16. The molecule has 1 N–H and O–H groups in total. The summed E-state index contributed by atoms with van der Waals surface area (Å²) in [6.07, 6.45) is 11.3. The normalized spacial score (nSPS) is 10.5. The van der Waals surface area contributed by atoms with Crippen LogP contribution >= 0.6 is 0 Å². The number of carboxylic acids is 1. The number of halogens is 1. The Balaban J connectivity index is -0.000000578. The molecule has 0 fully saturated rings. The van der Waals surface area contributed by atoms with Crippen molar-refractivity contribution >= 4 is 5.97 Å². The number of carboxylic acid groups (broad SMARTS) is 1. The van der Waals surface area contributed by atoms with Gasteiger partial charge in [0, 0.05) is 6.42 Å². The summed E-state index contributed by atoms with van der Waals surface area (Å²) >= 11 is 0. The summed E-state index contributed by atoms with van der Waals surface area (Å²) in [5.41, 5.74) is 0. The molecule has 142 valence electrons. The molecule has 0 saturated carbocycles. The first-order valence-electron chi connectivity index (χ1n) is 9.58. The van der Waals surface area contributed by atoms with Crippen molar-refractivity contribution in [2.45, 2.75) is 92.4 Å². The molecule has 0 rings (SSSR count). The molecule has 0 aliphatic carbocycles. The van der Waals surface area contributed by atoms with Crippen molar-refractivity contribution in [1.29, 1.82) is 0 Å². The summed E-state index contributed by atoms with van der Waals surface area (Å²) in [5, 5.41) is 7.72. The Kier molecular flexibility index (Phi) is 24.1. The second kappa shape index (κ2) is 20.0. The summed E-state index contributed by atoms with van der Waals surface area (Å²) in [4.78, 5) is 9.37. The highest BCUT2D eigenvalue weighted by molar-refractivity contribution is 5.66. The maximum absolute atomic E-state index is 9.37. The second-order valence-corrected chi connectivity index (χ2v) is 6.40. The van der Waals surface area contributed by atoms with Crippen LogP contribution in [0.25, 0.3) is 0 Å². The predicted octanol–water partition coefficient (Wildman–Crippen LogP) is 2.49. The third kappa shape index (κ3) is 18.1. The molecule has 0 aromatic rings. The van der Waals surface area contributed by atoms with Crippen LogP contribution in [-0.4, -0.2) is 41.7 Å². The van der Waals surface area contributed by atoms with Crippen LogP contribution < -0.4 is 17.0 Å². The molecule has 0 aliphatic rings. The van der Waals surface area contributed by atoms with Crippen LogP contribution in [0, 0.1) is 0 Å². The molecule has 0 atom stereocenters. The summed E-state index contributed by atoms with van der Waals surface area (Å²) in [7, 11) is 0. The fourth-order valence-electron chi connectivity index (χ4n) is 2.64. The highest BCUT2D eigenvalue weighted by Gasteiger charge is 2.24. The average molecular weight is 396 g/mol. The number of carbonyl (C=O) groups is 1. The van der Waals surface area contributed by atoms with Gasteiger partial charge in [-0.3, -0.25) is 4.79 Å². The second-order valence-electron chi connectivity index (χ2n) is 6.40. The molecule has 3 nitrogen and oxygen atoms in total. The van der Waals surface area contributed by atoms with E-state index >= 15 is 0 Å². The van der Waals surface area contributed by atoms with E-state index in [1.807, 2.05) is 0 Å². The maximum atomic E-state index is 9.37. The van der Waals surface area contributed by atoms with E-state index in [0.29, 0.717) is 0 Å². The van der Waals surface area contributed by atoms with Crippen molar-refractivity contribution in [1.82, 2.24) is 0 Å². The van der Waals surface area contributed by atoms with Crippen LogP contribution in [0.2, 0.25) is 0 Å². The molecule has 0 unspecified atom stereocenters. The Morgan fingerprint density at radius 2 is 0.913 bits per heavy atom. The molecule has 0 aliphatic heterocycles. The third-order valence-electron chi connectivity index (χ3n) is 4.25. The largest absolute Gasteiger partial charge is 1.00 e. The molecule has 0 saturated heterocycles. The topological polar surface area (TPSA) is 37.3 Å². The van der Waals surface area contributed by atoms with Gasteiger partial charge >= 0.3 is 5.97 Å². The van der Waals surface area contributed by atoms with E-state index in [0.717, 1.165) is 0 Å². The number of hydrogen-bond acceptors (Lipinski definition) is 1. The van der Waals surface area contributed by atoms with Gasteiger partial charge in [-0.05, 0) is 25.7 Å². The van der Waals surface area contributed by atoms with E-state index in [-0.39, 0.29) is 23.4 Å². The Bertz CT molecular complexity index is 210. The average Bonchev–Trinajstić information content (AvgIpc) is 2.54. The number of hydrogen-bond donors (Lipinski definition) is 1. The van der Waals surface area contributed by atoms with Crippen molar-refractivity contribution in [2.24, 2.45) is 0 Å². The SMILES string of the molecule is CCC(=O)O.CCCC[N+](CCCC)(CCCC)CCCC.[Br-]. The Morgan fingerprint density at radius 3 is 1.04 bits per heavy atom. The first-order chi connectivity index (χ1) is 10.5. The van der Waals surface area contributed by atoms with E-state index in [1.54, 1.807) is 6.92 Å². The highest BCUT2D eigenvalue weighted by atomic mass is 79.9. The zero-order valence-electron chi connectivity index (χ0n) is 16.4. The number of aliphatic carboxylic acids is 1. The van der Waals surface area contributed by atoms with Crippen molar-refractivity contribution in [2.75, 3.05) is 26.2 Å². The van der Waals surface area contributed by atoms with Crippen LogP contribution in [0.15, 0.2) is 0 Å². The summed E-state index contributed by atoms with van der Waals surface area (Å²) in [6.45, 7) is 16.6. The van der Waals surface area contributed by atoms with Gasteiger partial charge in [-0.2, -0.15) is 0 Å². The molecule has 0 radical (unpaired) electrons. The zero-order chi connectivity index (χ0) is 17.3. The van der Waals surface area contributed by atoms with Gasteiger partial charge < -0.3 is 26.6 Å². The van der Waals surface area contributed by atoms with Crippen molar-refractivity contribution < 1.29 is 31.4 Å². The van der Waals surface area contributed by atoms with Gasteiger partial charge in [0.15, 0.2) is 0 Å². The first kappa shape index (κ1) is 27.7. The molecule has 23 heavy (non-hydrogen) atoms. The lowest BCUT2D eigenvalue weighted by atomic mass is 10.1. The Labute approximate surface area is 156 Å². The van der Waals surface area contributed by atoms with Crippen LogP contribution in [-0.2, 0) is 4.79 Å². The molecule has 0 heterocycles. The molecule has 0 aromatic carbocycles. The molecule has 0 aromatic heterocycles. The molecule has 0 bridgehead atoms. The summed E-state index contributed by atoms with van der Waals surface area (Å²) < 4.78 is 1.42. The summed E-state index contributed by atoms with van der Waals surface area (Å²) in [6, 6.07) is 0. The van der Waals surface area contributed by atoms with E-state index < -0.39 is 5.97 Å². The molecular formula is C19H42BrNO2. The molecule has 0 amide bonds. The monoisotopic (exact) mass is 395 g/mol. The van der Waals surface area contributed by atoms with Crippen LogP contribution in [0.1, 0.15) is 92.4 Å². The zero-order valence-corrected chi connectivity index (χ0v) is 18.0. The van der Waals surface area contributed by atoms with Gasteiger partial charge in [-0.1, -0.05) is 60.3 Å². The Hall–Kier alpha value is -0.0900. The first-order valence-corrected chi connectivity index (χ1v) is 9.58. The fraction of sp³-hybridized carbons (Fsp3) is 0.947. The van der Waals surface area contributed by atoms with Gasteiger partial charge in [-0.25, -0.2) is 0 Å². The van der Waals surface area contributed by atoms with E-state index in [9.17, 15) is 4.79 Å². The minimum atomic E-state index is -0.745. The van der Waals surface area contributed by atoms with Crippen molar-refractivity contribution in [3.05, 3.63) is 0 Å². The lowest BCUT2D eigenvalue weighted by Crippen LogP contribution is -3.00. The lowest BCUT2D eigenvalue weighted by Gasteiger charge is -2.39. The third-order valence-corrected chi connectivity index (χ3v) is 4.25. The minimum absolute atomic E-state index is 0. The summed E-state index contributed by atoms with van der Waals surface area (Å²) in [5.74, 6) is -0.745. The standard InChI is InChI=1S/C16H36N.C3H6O2.BrH/c1-5-9-13-17(14-10-6-2,15-11-7-3)16-12-8-4;1-2-3(4)5;/h5-16H2,1-4H3;2H2,1H3,(H,4,5);1H/q+1;;/p-1. The van der Waals surface area contributed by atoms with E-state index in [1.165, 1.54) is 82.0 Å². The smallest absolute Gasteiger partial charge is 0.303 e. The van der Waals surface area contributed by atoms with Crippen LogP contribution in [0.5, 0.6) is 0 Å². The number of nitrogens with zero attached hydrogens (tertiary/aromatic N) is 1. The Morgan fingerprint density at radius 1 is 0.696 bits per heavy atom. The number of rotatable bonds is 13. The van der Waals surface area contributed by atoms with Gasteiger partial charge in [0.25, 0.3) is 0 Å². The van der Waals surface area contributed by atoms with E-state index in [2.05, 4.69) is 27.7 Å². The number of quaternary nitrogens is 1. The van der Waals surface area contributed by atoms with Gasteiger partial charge in [-0.15, -0.1) is 0 Å². The predicted molar refractivity (Wildman–Crippen MR) is 97.3 cm³/mol. The quantitative estimate of drug-likeness (QED) is 0.486. The van der Waals surface area contributed by atoms with Crippen LogP contribution in [0.4, 0.5) is 0 Å². The van der Waals surface area contributed by atoms with E-state index in [4.69, 9.17) is 5.11 Å². The number of unbranched alkanes of at least 4 members (excludes halogenated alkanes) is 4. The van der Waals surface area contributed by atoms with Crippen molar-refractivity contribution in [3.63, 3.8) is 0 Å². The van der Waals surface area contributed by atoms with Crippen molar-refractivity contribution in [3.8, 4) is 0 Å². The minimum Gasteiger partial charge on any atom is -1.00 e. The van der Waals surface area contributed by atoms with Crippen LogP contribution in [0.3, 0.4) is 0 Å². The lowest BCUT2D eigenvalue weighted by molar-refractivity contribution is -0.929. The molecule has 0 spiro atoms.